The minimum atomic E-state index is -0.0119. The van der Waals surface area contributed by atoms with Crippen molar-refractivity contribution >= 4 is 69.0 Å². The van der Waals surface area contributed by atoms with Crippen molar-refractivity contribution in [1.29, 1.82) is 0 Å². The molecule has 2 aliphatic heterocycles. The van der Waals surface area contributed by atoms with Crippen LogP contribution in [0, 0.1) is 3.57 Å². The molecule has 5 heteroatoms. The van der Waals surface area contributed by atoms with E-state index < -0.39 is 0 Å². The van der Waals surface area contributed by atoms with Gasteiger partial charge in [0.2, 0.25) is 0 Å². The lowest BCUT2D eigenvalue weighted by molar-refractivity contribution is 0.568. The number of halogens is 1. The summed E-state index contributed by atoms with van der Waals surface area (Å²) in [6, 6.07) is 25.1. The minimum absolute atomic E-state index is 0.0119. The minimum Gasteiger partial charge on any atom is -0.355 e. The topological polar surface area (TPSA) is 57.4 Å². The Balaban J connectivity index is 1.57. The van der Waals surface area contributed by atoms with Crippen LogP contribution in [0.4, 0.5) is 0 Å². The fourth-order valence-corrected chi connectivity index (χ4v) is 7.59. The van der Waals surface area contributed by atoms with Crippen LogP contribution in [-0.2, 0) is 21.7 Å². The van der Waals surface area contributed by atoms with Gasteiger partial charge in [0.15, 0.2) is 0 Å². The molecule has 0 unspecified atom stereocenters. The zero-order valence-electron chi connectivity index (χ0n) is 33.4. The molecule has 5 heterocycles. The summed E-state index contributed by atoms with van der Waals surface area (Å²) in [6.07, 6.45) is 8.61. The van der Waals surface area contributed by atoms with Gasteiger partial charge >= 0.3 is 0 Å². The van der Waals surface area contributed by atoms with Gasteiger partial charge < -0.3 is 9.97 Å². The Hall–Kier alpha value is -4.23. The van der Waals surface area contributed by atoms with Crippen molar-refractivity contribution in [3.63, 3.8) is 0 Å². The largest absolute Gasteiger partial charge is 0.355 e. The predicted molar refractivity (Wildman–Crippen MR) is 237 cm³/mol. The molecule has 0 atom stereocenters. The lowest BCUT2D eigenvalue weighted by Crippen LogP contribution is -2.16. The summed E-state index contributed by atoms with van der Waals surface area (Å²) in [4.78, 5) is 18.2. The smallest absolute Gasteiger partial charge is 0.0793 e. The third-order valence-electron chi connectivity index (χ3n) is 10.4. The van der Waals surface area contributed by atoms with E-state index in [1.807, 2.05) is 0 Å². The first kappa shape index (κ1) is 37.1. The molecule has 3 aromatic heterocycles. The van der Waals surface area contributed by atoms with Gasteiger partial charge in [-0.3, -0.25) is 0 Å². The molecule has 0 amide bonds. The second-order valence-corrected chi connectivity index (χ2v) is 20.0. The molecular formula is C48H53IN4. The van der Waals surface area contributed by atoms with Crippen molar-refractivity contribution < 1.29 is 0 Å². The lowest BCUT2D eigenvalue weighted by atomic mass is 9.78. The summed E-state index contributed by atoms with van der Waals surface area (Å²) in [5.74, 6) is 0. The summed E-state index contributed by atoms with van der Waals surface area (Å²) >= 11 is 2.43. The van der Waals surface area contributed by atoms with Gasteiger partial charge in [0, 0.05) is 33.2 Å². The summed E-state index contributed by atoms with van der Waals surface area (Å²) in [5.41, 5.74) is 17.6. The van der Waals surface area contributed by atoms with Crippen LogP contribution in [-0.4, -0.2) is 19.9 Å². The maximum atomic E-state index is 5.33. The molecule has 0 aliphatic carbocycles. The predicted octanol–water partition coefficient (Wildman–Crippen LogP) is 13.8. The number of hydrogen-bond acceptors (Lipinski definition) is 2. The molecule has 5 aromatic rings. The fourth-order valence-electron chi connectivity index (χ4n) is 6.99. The molecule has 0 radical (unpaired) electrons. The summed E-state index contributed by atoms with van der Waals surface area (Å²) in [7, 11) is 0. The Morgan fingerprint density at radius 3 is 1.06 bits per heavy atom. The molecule has 0 saturated carbocycles. The fraction of sp³-hybridized carbons (Fsp3) is 0.333. The maximum absolute atomic E-state index is 5.33. The third-order valence-corrected chi connectivity index (χ3v) is 11.5. The summed E-state index contributed by atoms with van der Waals surface area (Å²) in [6.45, 7) is 27.5. The SMILES string of the molecule is CC(C)(C)c1cc(-c2c3nc(c(I)c4nc(c(-c5cc(C(C)(C)C)cc(C(C)(C)C)c5)c5ccc(cc6ccc2[nH]6)[nH]5)C=C4)C=C3)cc(C(C)(C)C)c1. The second-order valence-electron chi connectivity index (χ2n) is 18.9. The van der Waals surface area contributed by atoms with E-state index in [0.29, 0.717) is 0 Å². The van der Waals surface area contributed by atoms with E-state index in [4.69, 9.17) is 9.97 Å². The van der Waals surface area contributed by atoms with Gasteiger partial charge in [-0.25, -0.2) is 9.97 Å². The van der Waals surface area contributed by atoms with Crippen LogP contribution in [0.2, 0.25) is 0 Å². The number of aromatic nitrogens is 4. The van der Waals surface area contributed by atoms with Gasteiger partial charge in [0.05, 0.1) is 26.3 Å². The van der Waals surface area contributed by atoms with Gasteiger partial charge in [-0.05, 0) is 132 Å². The van der Waals surface area contributed by atoms with Gasteiger partial charge in [0.25, 0.3) is 0 Å². The molecular weight excluding hydrogens is 759 g/mol. The summed E-state index contributed by atoms with van der Waals surface area (Å²) in [5, 5.41) is 0. The van der Waals surface area contributed by atoms with E-state index in [9.17, 15) is 0 Å². The lowest BCUT2D eigenvalue weighted by Gasteiger charge is -2.26. The van der Waals surface area contributed by atoms with Crippen LogP contribution in [0.25, 0.3) is 68.6 Å². The number of nitrogens with zero attached hydrogens (tertiary/aromatic N) is 2. The van der Waals surface area contributed by atoms with Gasteiger partial charge in [-0.1, -0.05) is 119 Å². The molecule has 272 valence electrons. The normalized spacial score (nSPS) is 13.6. The Bertz CT molecular complexity index is 2260. The number of H-pyrrole nitrogens is 2. The molecule has 2 N–H and O–H groups in total. The van der Waals surface area contributed by atoms with Crippen molar-refractivity contribution in [2.45, 2.75) is 105 Å². The average Bonchev–Trinajstić information content (AvgIpc) is 3.88. The first-order chi connectivity index (χ1) is 24.6. The molecule has 0 saturated heterocycles. The molecule has 7 rings (SSSR count). The van der Waals surface area contributed by atoms with Crippen LogP contribution in [0.1, 0.15) is 128 Å². The Kier molecular flexibility index (Phi) is 9.08. The van der Waals surface area contributed by atoms with E-state index >= 15 is 0 Å². The number of benzene rings is 2. The van der Waals surface area contributed by atoms with Crippen LogP contribution in [0.15, 0.2) is 66.7 Å². The van der Waals surface area contributed by atoms with Crippen molar-refractivity contribution in [2.75, 3.05) is 0 Å². The van der Waals surface area contributed by atoms with Gasteiger partial charge in [-0.2, -0.15) is 0 Å². The quantitative estimate of drug-likeness (QED) is 0.171. The van der Waals surface area contributed by atoms with Crippen LogP contribution in [0.5, 0.6) is 0 Å². The standard InChI is InChI=1S/C48H53IN4/c1-45(2,3)30-21-28(22-31(25-30)46(4,5)6)42-36-15-13-34(50-36)27-35-14-16-37(51-35)43(29-23-32(47(7,8)9)26-33(24-29)48(10,11)12)39-18-20-41(53-39)44(49)40-19-17-38(42)52-40/h13-27,50-51H,1-12H3. The van der Waals surface area contributed by atoms with Crippen molar-refractivity contribution in [1.82, 2.24) is 19.9 Å². The van der Waals surface area contributed by atoms with Crippen LogP contribution in [0.3, 0.4) is 0 Å². The highest BCUT2D eigenvalue weighted by molar-refractivity contribution is 14.1. The molecule has 2 aliphatic rings. The molecule has 4 nitrogen and oxygen atoms in total. The van der Waals surface area contributed by atoms with E-state index in [0.717, 1.165) is 59.5 Å². The number of rotatable bonds is 2. The monoisotopic (exact) mass is 812 g/mol. The maximum Gasteiger partial charge on any atom is 0.0793 e. The molecule has 0 spiro atoms. The average molecular weight is 813 g/mol. The van der Waals surface area contributed by atoms with E-state index in [-0.39, 0.29) is 21.7 Å². The second kappa shape index (κ2) is 13.0. The highest BCUT2D eigenvalue weighted by Crippen LogP contribution is 2.40. The zero-order chi connectivity index (χ0) is 38.2. The highest BCUT2D eigenvalue weighted by atomic mass is 127. The third kappa shape index (κ3) is 7.47. The van der Waals surface area contributed by atoms with Crippen molar-refractivity contribution in [2.24, 2.45) is 0 Å². The van der Waals surface area contributed by atoms with E-state index in [1.54, 1.807) is 0 Å². The molecule has 0 fully saturated rings. The number of nitrogens with one attached hydrogen (secondary N) is 2. The van der Waals surface area contributed by atoms with Gasteiger partial charge in [0.1, 0.15) is 0 Å². The Labute approximate surface area is 329 Å². The molecule has 53 heavy (non-hydrogen) atoms. The van der Waals surface area contributed by atoms with Crippen LogP contribution < -0.4 is 0 Å². The van der Waals surface area contributed by atoms with E-state index in [1.165, 1.54) is 33.4 Å². The highest BCUT2D eigenvalue weighted by Gasteiger charge is 2.25. The first-order valence-electron chi connectivity index (χ1n) is 18.8. The number of fused-ring (bicyclic) bond motifs is 8. The Morgan fingerprint density at radius 2 is 0.736 bits per heavy atom. The van der Waals surface area contributed by atoms with Gasteiger partial charge in [-0.15, -0.1) is 0 Å². The van der Waals surface area contributed by atoms with Crippen molar-refractivity contribution in [3.05, 3.63) is 115 Å². The summed E-state index contributed by atoms with van der Waals surface area (Å²) < 4.78 is 1.02. The number of hydrogen-bond donors (Lipinski definition) is 2. The zero-order valence-corrected chi connectivity index (χ0v) is 35.6. The Morgan fingerprint density at radius 1 is 0.415 bits per heavy atom. The molecule has 2 aromatic carbocycles. The van der Waals surface area contributed by atoms with Crippen molar-refractivity contribution in [3.8, 4) is 22.3 Å². The van der Waals surface area contributed by atoms with E-state index in [2.05, 4.69) is 207 Å². The van der Waals surface area contributed by atoms with Crippen LogP contribution >= 0.6 is 22.6 Å². The first-order valence-corrected chi connectivity index (χ1v) is 19.8. The number of aromatic amines is 2. The molecule has 8 bridgehead atoms.